The van der Waals surface area contributed by atoms with Crippen LogP contribution in [0.3, 0.4) is 0 Å². The van der Waals surface area contributed by atoms with Crippen molar-refractivity contribution in [2.24, 2.45) is 5.92 Å². The zero-order valence-electron chi connectivity index (χ0n) is 7.61. The average Bonchev–Trinajstić information content (AvgIpc) is 2.16. The fraction of sp³-hybridized carbons (Fsp3) is 0.400. The molecule has 0 heterocycles. The van der Waals surface area contributed by atoms with Gasteiger partial charge in [-0.25, -0.2) is 17.6 Å². The van der Waals surface area contributed by atoms with E-state index in [1.165, 1.54) is 0 Å². The molecule has 0 fully saturated rings. The molecular weight excluding hydrogens is 212 g/mol. The maximum atomic E-state index is 13.9. The Bertz CT molecular complexity index is 366. The summed E-state index contributed by atoms with van der Waals surface area (Å²) < 4.78 is 52.8. The van der Waals surface area contributed by atoms with E-state index in [1.54, 1.807) is 0 Å². The third-order valence-corrected chi connectivity index (χ3v) is 2.28. The van der Waals surface area contributed by atoms with Crippen molar-refractivity contribution in [3.63, 3.8) is 0 Å². The van der Waals surface area contributed by atoms with E-state index in [0.717, 1.165) is 0 Å². The van der Waals surface area contributed by atoms with Crippen molar-refractivity contribution in [1.82, 2.24) is 0 Å². The van der Waals surface area contributed by atoms with Crippen LogP contribution in [0, 0.1) is 18.3 Å². The van der Waals surface area contributed by atoms with E-state index >= 15 is 0 Å². The first kappa shape index (κ1) is 11.8. The number of rotatable bonds is 2. The van der Waals surface area contributed by atoms with Gasteiger partial charge >= 0.3 is 0 Å². The highest BCUT2D eigenvalue weighted by molar-refractivity contribution is 5.34. The van der Waals surface area contributed by atoms with Crippen LogP contribution in [0.1, 0.15) is 6.42 Å². The van der Waals surface area contributed by atoms with Gasteiger partial charge in [-0.3, -0.25) is 0 Å². The lowest BCUT2D eigenvalue weighted by Gasteiger charge is -2.31. The van der Waals surface area contributed by atoms with Gasteiger partial charge in [0.25, 0.3) is 0 Å². The Balaban J connectivity index is 3.21. The predicted octanol–water partition coefficient (Wildman–Crippen LogP) is 2.34. The molecule has 15 heavy (non-hydrogen) atoms. The van der Waals surface area contributed by atoms with Crippen molar-refractivity contribution >= 4 is 0 Å². The number of aliphatic hydroxyl groups excluding tert-OH is 1. The van der Waals surface area contributed by atoms with E-state index in [9.17, 15) is 17.6 Å². The van der Waals surface area contributed by atoms with Crippen LogP contribution in [0.2, 0.25) is 0 Å². The molecule has 1 N–H and O–H groups in total. The van der Waals surface area contributed by atoms with Crippen LogP contribution in [0.5, 0.6) is 0 Å². The molecule has 1 aliphatic carbocycles. The number of hydrogen-bond acceptors (Lipinski definition) is 1. The summed E-state index contributed by atoms with van der Waals surface area (Å²) in [5.74, 6) is -4.62. The number of terminal acetylenes is 1. The van der Waals surface area contributed by atoms with E-state index < -0.39 is 42.1 Å². The molecule has 1 nitrogen and oxygen atoms in total. The second-order valence-electron chi connectivity index (χ2n) is 3.17. The van der Waals surface area contributed by atoms with Crippen LogP contribution < -0.4 is 0 Å². The van der Waals surface area contributed by atoms with Gasteiger partial charge in [0.15, 0.2) is 11.5 Å². The monoisotopic (exact) mass is 220 g/mol. The zero-order chi connectivity index (χ0) is 11.6. The van der Waals surface area contributed by atoms with E-state index in [-0.39, 0.29) is 6.08 Å². The molecule has 0 radical (unpaired) electrons. The lowest BCUT2D eigenvalue weighted by Crippen LogP contribution is -2.39. The van der Waals surface area contributed by atoms with E-state index in [2.05, 4.69) is 0 Å². The van der Waals surface area contributed by atoms with Crippen molar-refractivity contribution in [3.8, 4) is 12.3 Å². The average molecular weight is 220 g/mol. The van der Waals surface area contributed by atoms with Gasteiger partial charge in [0, 0.05) is 6.08 Å². The van der Waals surface area contributed by atoms with Gasteiger partial charge in [-0.1, -0.05) is 0 Å². The molecular formula is C10H8F4O. The number of allylic oxidation sites excluding steroid dienone is 3. The van der Waals surface area contributed by atoms with E-state index in [1.807, 2.05) is 5.92 Å². The van der Waals surface area contributed by atoms with Gasteiger partial charge in [-0.2, -0.15) is 0 Å². The number of alkyl halides is 1. The highest BCUT2D eigenvalue weighted by Gasteiger charge is 2.49. The molecule has 0 aromatic carbocycles. The minimum atomic E-state index is -2.86. The summed E-state index contributed by atoms with van der Waals surface area (Å²) in [4.78, 5) is 0. The molecule has 0 aromatic rings. The van der Waals surface area contributed by atoms with Crippen LogP contribution >= 0.6 is 0 Å². The second-order valence-corrected chi connectivity index (χ2v) is 3.17. The van der Waals surface area contributed by atoms with Crippen LogP contribution in [-0.4, -0.2) is 17.4 Å². The molecule has 0 aliphatic heterocycles. The van der Waals surface area contributed by atoms with Crippen LogP contribution in [-0.2, 0) is 0 Å². The molecule has 5 heteroatoms. The molecule has 1 aliphatic rings. The Morgan fingerprint density at radius 1 is 1.47 bits per heavy atom. The molecule has 0 spiro atoms. The Kier molecular flexibility index (Phi) is 3.20. The summed E-state index contributed by atoms with van der Waals surface area (Å²) in [5, 5.41) is 8.72. The molecule has 0 bridgehead atoms. The molecule has 2 atom stereocenters. The summed E-state index contributed by atoms with van der Waals surface area (Å²) in [6, 6.07) is 0. The summed E-state index contributed by atoms with van der Waals surface area (Å²) in [7, 11) is 0. The Labute approximate surface area is 84.1 Å². The topological polar surface area (TPSA) is 20.2 Å². The number of halogens is 4. The summed E-state index contributed by atoms with van der Waals surface area (Å²) >= 11 is 0. The Morgan fingerprint density at radius 2 is 2.07 bits per heavy atom. The minimum Gasteiger partial charge on any atom is -0.396 e. The Hall–Kier alpha value is -1.28. The van der Waals surface area contributed by atoms with Crippen molar-refractivity contribution < 1.29 is 22.7 Å². The summed E-state index contributed by atoms with van der Waals surface area (Å²) in [6.45, 7) is -1.06. The number of aliphatic hydroxyl groups is 1. The SMILES string of the molecule is C#CCC1(F)C(F)=CC(F)=C(F)C1CO. The van der Waals surface area contributed by atoms with Crippen molar-refractivity contribution in [2.45, 2.75) is 12.1 Å². The van der Waals surface area contributed by atoms with Crippen LogP contribution in [0.15, 0.2) is 23.6 Å². The van der Waals surface area contributed by atoms with E-state index in [0.29, 0.717) is 0 Å². The summed E-state index contributed by atoms with van der Waals surface area (Å²) in [5.41, 5.74) is -2.86. The smallest absolute Gasteiger partial charge is 0.184 e. The van der Waals surface area contributed by atoms with Gasteiger partial charge in [-0.05, 0) is 0 Å². The van der Waals surface area contributed by atoms with Crippen molar-refractivity contribution in [2.75, 3.05) is 6.61 Å². The maximum absolute atomic E-state index is 13.9. The third kappa shape index (κ3) is 1.77. The van der Waals surface area contributed by atoms with Crippen molar-refractivity contribution in [1.29, 1.82) is 0 Å². The fourth-order valence-corrected chi connectivity index (χ4v) is 1.41. The molecule has 1 rings (SSSR count). The zero-order valence-corrected chi connectivity index (χ0v) is 7.61. The first-order valence-corrected chi connectivity index (χ1v) is 4.13. The first-order valence-electron chi connectivity index (χ1n) is 4.13. The fourth-order valence-electron chi connectivity index (χ4n) is 1.41. The Morgan fingerprint density at radius 3 is 2.53 bits per heavy atom. The molecule has 2 unspecified atom stereocenters. The minimum absolute atomic E-state index is 0.110. The normalized spacial score (nSPS) is 31.2. The maximum Gasteiger partial charge on any atom is 0.184 e. The lowest BCUT2D eigenvalue weighted by molar-refractivity contribution is 0.0572. The van der Waals surface area contributed by atoms with Gasteiger partial charge < -0.3 is 5.11 Å². The molecule has 0 saturated heterocycles. The standard InChI is InChI=1S/C10H8F4O/c1-2-3-10(14)6(5-15)9(13)7(11)4-8(10)12/h1,4,6,15H,3,5H2. The quantitative estimate of drug-likeness (QED) is 0.559. The van der Waals surface area contributed by atoms with Crippen LogP contribution in [0.4, 0.5) is 17.6 Å². The molecule has 0 saturated carbocycles. The summed E-state index contributed by atoms with van der Waals surface area (Å²) in [6.07, 6.45) is 4.15. The van der Waals surface area contributed by atoms with Gasteiger partial charge in [0.2, 0.25) is 0 Å². The van der Waals surface area contributed by atoms with Crippen molar-refractivity contribution in [3.05, 3.63) is 23.6 Å². The van der Waals surface area contributed by atoms with E-state index in [4.69, 9.17) is 11.5 Å². The van der Waals surface area contributed by atoms with Crippen LogP contribution in [0.25, 0.3) is 0 Å². The molecule has 0 aromatic heterocycles. The van der Waals surface area contributed by atoms with Gasteiger partial charge in [-0.15, -0.1) is 12.3 Å². The second kappa shape index (κ2) is 4.07. The highest BCUT2D eigenvalue weighted by Crippen LogP contribution is 2.44. The molecule has 82 valence electrons. The number of hydrogen-bond donors (Lipinski definition) is 1. The predicted molar refractivity (Wildman–Crippen MR) is 46.3 cm³/mol. The first-order chi connectivity index (χ1) is 6.97. The molecule has 0 amide bonds. The van der Waals surface area contributed by atoms with Gasteiger partial charge in [0.05, 0.1) is 18.9 Å². The largest absolute Gasteiger partial charge is 0.396 e. The van der Waals surface area contributed by atoms with Gasteiger partial charge in [0.1, 0.15) is 11.7 Å². The third-order valence-electron chi connectivity index (χ3n) is 2.28. The highest BCUT2D eigenvalue weighted by atomic mass is 19.2. The lowest BCUT2D eigenvalue weighted by atomic mass is 9.81.